The number of aryl methyl sites for hydroxylation is 2. The number of benzene rings is 1. The summed E-state index contributed by atoms with van der Waals surface area (Å²) in [5.41, 5.74) is 6.39. The third kappa shape index (κ3) is 4.45. The number of nitrogens with one attached hydrogen (secondary N) is 2. The fourth-order valence-electron chi connectivity index (χ4n) is 3.74. The lowest BCUT2D eigenvalue weighted by Crippen LogP contribution is -2.38. The minimum Gasteiger partial charge on any atom is -0.338 e. The van der Waals surface area contributed by atoms with Gasteiger partial charge in [0.05, 0.1) is 17.9 Å². The Morgan fingerprint density at radius 2 is 2.03 bits per heavy atom. The maximum absolute atomic E-state index is 12.4. The van der Waals surface area contributed by atoms with Crippen LogP contribution in [-0.4, -0.2) is 44.7 Å². The number of carbonyl (C=O) groups is 1. The van der Waals surface area contributed by atoms with Gasteiger partial charge in [-0.2, -0.15) is 5.10 Å². The summed E-state index contributed by atoms with van der Waals surface area (Å²) in [7, 11) is 1.77. The zero-order chi connectivity index (χ0) is 20.2. The zero-order valence-corrected chi connectivity index (χ0v) is 16.9. The normalized spacial score (nSPS) is 12.6. The second-order valence-electron chi connectivity index (χ2n) is 7.49. The number of fused-ring (bicyclic) bond motifs is 1. The van der Waals surface area contributed by atoms with Gasteiger partial charge >= 0.3 is 6.03 Å². The van der Waals surface area contributed by atoms with Crippen molar-refractivity contribution in [2.75, 3.05) is 13.6 Å². The van der Waals surface area contributed by atoms with E-state index in [1.165, 1.54) is 11.3 Å². The van der Waals surface area contributed by atoms with Crippen LogP contribution in [0.1, 0.15) is 34.9 Å². The highest BCUT2D eigenvalue weighted by Gasteiger charge is 2.17. The lowest BCUT2D eigenvalue weighted by Gasteiger charge is -2.17. The van der Waals surface area contributed by atoms with Gasteiger partial charge in [0.15, 0.2) is 0 Å². The van der Waals surface area contributed by atoms with Gasteiger partial charge in [-0.15, -0.1) is 0 Å². The Balaban J connectivity index is 1.28. The quantitative estimate of drug-likeness (QED) is 0.677. The average Bonchev–Trinajstić information content (AvgIpc) is 3.38. The predicted octanol–water partition coefficient (Wildman–Crippen LogP) is 3.05. The van der Waals surface area contributed by atoms with Crippen LogP contribution in [0.4, 0.5) is 4.79 Å². The maximum atomic E-state index is 12.4. The molecule has 2 heterocycles. The van der Waals surface area contributed by atoms with E-state index in [2.05, 4.69) is 32.4 Å². The summed E-state index contributed by atoms with van der Waals surface area (Å²) in [4.78, 5) is 23.3. The van der Waals surface area contributed by atoms with Crippen molar-refractivity contribution in [1.29, 1.82) is 0 Å². The molecule has 0 radical (unpaired) electrons. The van der Waals surface area contributed by atoms with Crippen LogP contribution in [-0.2, 0) is 25.8 Å². The van der Waals surface area contributed by atoms with Gasteiger partial charge < -0.3 is 10.2 Å². The molecule has 1 aliphatic rings. The third-order valence-electron chi connectivity index (χ3n) is 5.27. The molecular formula is C22H26N6O. The Kier molecular flexibility index (Phi) is 5.55. The Morgan fingerprint density at radius 1 is 1.21 bits per heavy atom. The van der Waals surface area contributed by atoms with Crippen molar-refractivity contribution in [3.05, 3.63) is 64.9 Å². The molecule has 0 saturated carbocycles. The minimum absolute atomic E-state index is 0.126. The number of urea groups is 1. The molecule has 2 N–H and O–H groups in total. The summed E-state index contributed by atoms with van der Waals surface area (Å²) < 4.78 is 0. The van der Waals surface area contributed by atoms with Crippen LogP contribution in [0.25, 0.3) is 11.3 Å². The number of carbonyl (C=O) groups excluding carboxylic acids is 1. The van der Waals surface area contributed by atoms with Gasteiger partial charge in [0.1, 0.15) is 5.82 Å². The van der Waals surface area contributed by atoms with Gasteiger partial charge in [-0.1, -0.05) is 30.3 Å². The van der Waals surface area contributed by atoms with Gasteiger partial charge in [-0.05, 0) is 37.8 Å². The van der Waals surface area contributed by atoms with Crippen LogP contribution < -0.4 is 5.32 Å². The fraction of sp³-hybridized carbons (Fsp3) is 0.364. The van der Waals surface area contributed by atoms with Crippen molar-refractivity contribution in [1.82, 2.24) is 30.4 Å². The molecule has 4 rings (SSSR count). The van der Waals surface area contributed by atoms with Gasteiger partial charge in [0, 0.05) is 37.0 Å². The van der Waals surface area contributed by atoms with Crippen LogP contribution in [0, 0.1) is 6.92 Å². The number of nitrogens with zero attached hydrogens (tertiary/aromatic N) is 4. The van der Waals surface area contributed by atoms with Crippen LogP contribution in [0.5, 0.6) is 0 Å². The molecule has 0 fully saturated rings. The first-order chi connectivity index (χ1) is 14.1. The summed E-state index contributed by atoms with van der Waals surface area (Å²) in [5, 5.41) is 10.3. The molecule has 0 bridgehead atoms. The Morgan fingerprint density at radius 3 is 2.86 bits per heavy atom. The van der Waals surface area contributed by atoms with E-state index in [4.69, 9.17) is 0 Å². The predicted molar refractivity (Wildman–Crippen MR) is 111 cm³/mol. The number of hydrogen-bond donors (Lipinski definition) is 2. The number of aromatic amines is 1. The standard InChI is InChI=1S/C22H26N6O/c1-15-18-9-6-10-19(18)25-21(24-15)11-12-23-22(29)28(2)14-17-13-20(27-26-17)16-7-4-3-5-8-16/h3-5,7-8,13H,6,9-12,14H2,1-2H3,(H,23,29)(H,26,27). The lowest BCUT2D eigenvalue weighted by molar-refractivity contribution is 0.206. The first-order valence-electron chi connectivity index (χ1n) is 10.0. The highest BCUT2D eigenvalue weighted by Crippen LogP contribution is 2.22. The van der Waals surface area contributed by atoms with Crippen molar-refractivity contribution in [3.8, 4) is 11.3 Å². The van der Waals surface area contributed by atoms with Crippen molar-refractivity contribution in [3.63, 3.8) is 0 Å². The third-order valence-corrected chi connectivity index (χ3v) is 5.27. The SMILES string of the molecule is Cc1nc(CCNC(=O)N(C)Cc2cc(-c3ccccc3)n[nH]2)nc2c1CCC2. The highest BCUT2D eigenvalue weighted by atomic mass is 16.2. The van der Waals surface area contributed by atoms with Crippen molar-refractivity contribution >= 4 is 6.03 Å². The Labute approximate surface area is 170 Å². The monoisotopic (exact) mass is 390 g/mol. The van der Waals surface area contributed by atoms with E-state index >= 15 is 0 Å². The van der Waals surface area contributed by atoms with Gasteiger partial charge in [-0.3, -0.25) is 5.10 Å². The van der Waals surface area contributed by atoms with Crippen LogP contribution >= 0.6 is 0 Å². The minimum atomic E-state index is -0.126. The molecule has 0 spiro atoms. The number of rotatable bonds is 6. The molecule has 2 amide bonds. The smallest absolute Gasteiger partial charge is 0.317 e. The number of H-pyrrole nitrogens is 1. The molecule has 0 unspecified atom stereocenters. The molecule has 3 aromatic rings. The zero-order valence-electron chi connectivity index (χ0n) is 16.9. The van der Waals surface area contributed by atoms with Crippen molar-refractivity contribution < 1.29 is 4.79 Å². The molecule has 150 valence electrons. The average molecular weight is 390 g/mol. The molecule has 0 saturated heterocycles. The molecule has 29 heavy (non-hydrogen) atoms. The Hall–Kier alpha value is -3.22. The van der Waals surface area contributed by atoms with Gasteiger partial charge in [0.25, 0.3) is 0 Å². The summed E-state index contributed by atoms with van der Waals surface area (Å²) in [6.07, 6.45) is 3.92. The molecule has 0 atom stereocenters. The number of amides is 2. The van der Waals surface area contributed by atoms with E-state index in [1.54, 1.807) is 11.9 Å². The molecule has 7 heteroatoms. The lowest BCUT2D eigenvalue weighted by atomic mass is 10.1. The Bertz CT molecular complexity index is 998. The molecule has 7 nitrogen and oxygen atoms in total. The molecule has 1 aliphatic carbocycles. The van der Waals surface area contributed by atoms with E-state index in [1.807, 2.05) is 36.4 Å². The summed E-state index contributed by atoms with van der Waals surface area (Å²) in [6, 6.07) is 11.8. The van der Waals surface area contributed by atoms with Crippen LogP contribution in [0.15, 0.2) is 36.4 Å². The van der Waals surface area contributed by atoms with E-state index in [9.17, 15) is 4.79 Å². The first kappa shape index (κ1) is 19.1. The largest absolute Gasteiger partial charge is 0.338 e. The second-order valence-corrected chi connectivity index (χ2v) is 7.49. The highest BCUT2D eigenvalue weighted by molar-refractivity contribution is 5.73. The van der Waals surface area contributed by atoms with E-state index in [0.717, 1.165) is 47.7 Å². The molecule has 0 aliphatic heterocycles. The molecule has 2 aromatic heterocycles. The number of aromatic nitrogens is 4. The fourth-order valence-corrected chi connectivity index (χ4v) is 3.74. The van der Waals surface area contributed by atoms with E-state index in [0.29, 0.717) is 19.5 Å². The van der Waals surface area contributed by atoms with Gasteiger partial charge in [0.2, 0.25) is 0 Å². The van der Waals surface area contributed by atoms with Crippen molar-refractivity contribution in [2.24, 2.45) is 0 Å². The van der Waals surface area contributed by atoms with Crippen LogP contribution in [0.3, 0.4) is 0 Å². The summed E-state index contributed by atoms with van der Waals surface area (Å²) in [5.74, 6) is 0.812. The first-order valence-corrected chi connectivity index (χ1v) is 10.0. The number of hydrogen-bond acceptors (Lipinski definition) is 4. The maximum Gasteiger partial charge on any atom is 0.317 e. The summed E-state index contributed by atoms with van der Waals surface area (Å²) >= 11 is 0. The van der Waals surface area contributed by atoms with E-state index in [-0.39, 0.29) is 6.03 Å². The van der Waals surface area contributed by atoms with Gasteiger partial charge in [-0.25, -0.2) is 14.8 Å². The second kappa shape index (κ2) is 8.43. The molecule has 1 aromatic carbocycles. The molecular weight excluding hydrogens is 364 g/mol. The van der Waals surface area contributed by atoms with Crippen molar-refractivity contribution in [2.45, 2.75) is 39.2 Å². The van der Waals surface area contributed by atoms with Crippen LogP contribution in [0.2, 0.25) is 0 Å². The van der Waals surface area contributed by atoms with E-state index < -0.39 is 0 Å². The topological polar surface area (TPSA) is 86.8 Å². The summed E-state index contributed by atoms with van der Waals surface area (Å²) in [6.45, 7) is 3.02.